The Hall–Kier alpha value is -0.290. The van der Waals surface area contributed by atoms with Crippen molar-refractivity contribution < 1.29 is 8.42 Å². The van der Waals surface area contributed by atoms with Crippen molar-refractivity contribution in [1.29, 1.82) is 0 Å². The summed E-state index contributed by atoms with van der Waals surface area (Å²) in [6, 6.07) is 6.46. The van der Waals surface area contributed by atoms with Crippen molar-refractivity contribution in [2.45, 2.75) is 36.0 Å². The van der Waals surface area contributed by atoms with Gasteiger partial charge in [0.15, 0.2) is 0 Å². The molecular formula is C13H17Cl2NO2S. The van der Waals surface area contributed by atoms with E-state index in [1.807, 2.05) is 0 Å². The zero-order valence-electron chi connectivity index (χ0n) is 10.5. The lowest BCUT2D eigenvalue weighted by Crippen LogP contribution is -2.32. The molecule has 0 amide bonds. The summed E-state index contributed by atoms with van der Waals surface area (Å²) >= 11 is 12.0. The van der Waals surface area contributed by atoms with Gasteiger partial charge in [-0.1, -0.05) is 30.2 Å². The third-order valence-corrected chi connectivity index (χ3v) is 5.73. The molecule has 0 heterocycles. The van der Waals surface area contributed by atoms with Crippen LogP contribution in [0.3, 0.4) is 0 Å². The summed E-state index contributed by atoms with van der Waals surface area (Å²) in [6.45, 7) is 0.427. The number of halogens is 2. The van der Waals surface area contributed by atoms with Crippen LogP contribution in [0.25, 0.3) is 0 Å². The molecule has 1 aromatic carbocycles. The summed E-state index contributed by atoms with van der Waals surface area (Å²) in [6.07, 6.45) is 3.98. The minimum absolute atomic E-state index is 0.134. The Morgan fingerprint density at radius 1 is 1.26 bits per heavy atom. The average Bonchev–Trinajstić information content (AvgIpc) is 2.37. The van der Waals surface area contributed by atoms with Crippen LogP contribution < -0.4 is 4.72 Å². The molecule has 2 rings (SSSR count). The molecule has 1 fully saturated rings. The van der Waals surface area contributed by atoms with Gasteiger partial charge in [-0.2, -0.15) is 0 Å². The maximum atomic E-state index is 12.1. The van der Waals surface area contributed by atoms with Gasteiger partial charge in [0.1, 0.15) is 4.90 Å². The number of hydrogen-bond donors (Lipinski definition) is 1. The molecule has 0 aromatic heterocycles. The first-order valence-electron chi connectivity index (χ1n) is 6.37. The van der Waals surface area contributed by atoms with Crippen LogP contribution in [-0.4, -0.2) is 20.3 Å². The molecule has 1 aromatic rings. The van der Waals surface area contributed by atoms with E-state index in [1.54, 1.807) is 18.2 Å². The topological polar surface area (TPSA) is 46.2 Å². The lowest BCUT2D eigenvalue weighted by molar-refractivity contribution is 0.361. The summed E-state index contributed by atoms with van der Waals surface area (Å²) < 4.78 is 26.9. The molecule has 6 heteroatoms. The van der Waals surface area contributed by atoms with E-state index in [9.17, 15) is 8.42 Å². The molecule has 1 aliphatic carbocycles. The van der Waals surface area contributed by atoms with Crippen molar-refractivity contribution in [3.8, 4) is 0 Å². The van der Waals surface area contributed by atoms with Gasteiger partial charge in [0, 0.05) is 11.9 Å². The highest BCUT2D eigenvalue weighted by atomic mass is 35.5. The van der Waals surface area contributed by atoms with Gasteiger partial charge in [-0.3, -0.25) is 0 Å². The largest absolute Gasteiger partial charge is 0.242 e. The highest BCUT2D eigenvalue weighted by Crippen LogP contribution is 2.28. The van der Waals surface area contributed by atoms with Crippen molar-refractivity contribution >= 4 is 33.2 Å². The number of nitrogens with one attached hydrogen (secondary N) is 1. The molecule has 19 heavy (non-hydrogen) atoms. The summed E-state index contributed by atoms with van der Waals surface area (Å²) in [5.41, 5.74) is 0. The lowest BCUT2D eigenvalue weighted by atomic mass is 9.89. The van der Waals surface area contributed by atoms with Crippen LogP contribution in [0, 0.1) is 5.92 Å². The van der Waals surface area contributed by atoms with Gasteiger partial charge in [0.2, 0.25) is 10.0 Å². The Morgan fingerprint density at radius 3 is 2.68 bits per heavy atom. The maximum Gasteiger partial charge on any atom is 0.242 e. The van der Waals surface area contributed by atoms with Crippen LogP contribution in [0.4, 0.5) is 0 Å². The van der Waals surface area contributed by atoms with Crippen LogP contribution in [-0.2, 0) is 10.0 Å². The Morgan fingerprint density at radius 2 is 2.00 bits per heavy atom. The molecule has 0 radical (unpaired) electrons. The van der Waals surface area contributed by atoms with E-state index in [-0.39, 0.29) is 15.3 Å². The Kier molecular flexibility index (Phi) is 5.12. The highest BCUT2D eigenvalue weighted by Gasteiger charge is 2.23. The molecule has 0 spiro atoms. The van der Waals surface area contributed by atoms with E-state index in [0.717, 1.165) is 25.7 Å². The van der Waals surface area contributed by atoms with E-state index in [1.165, 1.54) is 6.07 Å². The molecule has 1 saturated carbocycles. The number of rotatable bonds is 4. The Balaban J connectivity index is 2.00. The second kappa shape index (κ2) is 6.44. The maximum absolute atomic E-state index is 12.1. The zero-order chi connectivity index (χ0) is 13.9. The molecule has 2 atom stereocenters. The molecule has 106 valence electrons. The molecule has 0 aliphatic heterocycles. The minimum atomic E-state index is -3.53. The third kappa shape index (κ3) is 4.09. The number of benzene rings is 1. The fourth-order valence-electron chi connectivity index (χ4n) is 2.38. The molecule has 1 aliphatic rings. The van der Waals surface area contributed by atoms with E-state index in [0.29, 0.717) is 12.5 Å². The SMILES string of the molecule is O=S(=O)(NCC1CCCC(Cl)C1)c1ccccc1Cl. The number of sulfonamides is 1. The number of alkyl halides is 1. The second-order valence-electron chi connectivity index (χ2n) is 4.91. The fourth-order valence-corrected chi connectivity index (χ4v) is 4.42. The highest BCUT2D eigenvalue weighted by molar-refractivity contribution is 7.89. The number of hydrogen-bond acceptors (Lipinski definition) is 2. The van der Waals surface area contributed by atoms with E-state index in [2.05, 4.69) is 4.72 Å². The van der Waals surface area contributed by atoms with Crippen molar-refractivity contribution in [2.75, 3.05) is 6.54 Å². The summed E-state index contributed by atoms with van der Waals surface area (Å²) in [5.74, 6) is 0.313. The van der Waals surface area contributed by atoms with Crippen LogP contribution >= 0.6 is 23.2 Å². The first-order chi connectivity index (χ1) is 8.99. The van der Waals surface area contributed by atoms with Crippen LogP contribution in [0.15, 0.2) is 29.2 Å². The van der Waals surface area contributed by atoms with Crippen molar-refractivity contribution in [1.82, 2.24) is 4.72 Å². The summed E-state index contributed by atoms with van der Waals surface area (Å²) in [4.78, 5) is 0.134. The second-order valence-corrected chi connectivity index (χ2v) is 7.67. The monoisotopic (exact) mass is 321 g/mol. The van der Waals surface area contributed by atoms with Gasteiger partial charge in [-0.05, 0) is 37.3 Å². The van der Waals surface area contributed by atoms with Gasteiger partial charge in [-0.15, -0.1) is 11.6 Å². The summed E-state index contributed by atoms with van der Waals surface area (Å²) in [7, 11) is -3.53. The van der Waals surface area contributed by atoms with Crippen molar-refractivity contribution in [3.63, 3.8) is 0 Å². The Labute approximate surface area is 124 Å². The summed E-state index contributed by atoms with van der Waals surface area (Å²) in [5, 5.41) is 0.414. The Bertz CT molecular complexity index is 533. The molecule has 0 bridgehead atoms. The van der Waals surface area contributed by atoms with E-state index in [4.69, 9.17) is 23.2 Å². The average molecular weight is 322 g/mol. The molecule has 0 saturated heterocycles. The van der Waals surface area contributed by atoms with Gasteiger partial charge < -0.3 is 0 Å². The smallest absolute Gasteiger partial charge is 0.211 e. The fraction of sp³-hybridized carbons (Fsp3) is 0.538. The van der Waals surface area contributed by atoms with Crippen LogP contribution in [0.1, 0.15) is 25.7 Å². The first-order valence-corrected chi connectivity index (χ1v) is 8.67. The van der Waals surface area contributed by atoms with Gasteiger partial charge in [0.25, 0.3) is 0 Å². The lowest BCUT2D eigenvalue weighted by Gasteiger charge is -2.25. The van der Waals surface area contributed by atoms with Crippen LogP contribution in [0.5, 0.6) is 0 Å². The van der Waals surface area contributed by atoms with Gasteiger partial charge >= 0.3 is 0 Å². The van der Waals surface area contributed by atoms with Gasteiger partial charge in [0.05, 0.1) is 5.02 Å². The van der Waals surface area contributed by atoms with Crippen LogP contribution in [0.2, 0.25) is 5.02 Å². The van der Waals surface area contributed by atoms with E-state index >= 15 is 0 Å². The first kappa shape index (κ1) is 15.1. The molecule has 3 nitrogen and oxygen atoms in total. The van der Waals surface area contributed by atoms with E-state index < -0.39 is 10.0 Å². The molecular weight excluding hydrogens is 305 g/mol. The van der Waals surface area contributed by atoms with Gasteiger partial charge in [-0.25, -0.2) is 13.1 Å². The molecule has 2 unspecified atom stereocenters. The quantitative estimate of drug-likeness (QED) is 0.864. The van der Waals surface area contributed by atoms with Crippen molar-refractivity contribution in [3.05, 3.63) is 29.3 Å². The molecule has 1 N–H and O–H groups in total. The normalized spacial score (nSPS) is 24.3. The van der Waals surface area contributed by atoms with Crippen molar-refractivity contribution in [2.24, 2.45) is 5.92 Å². The minimum Gasteiger partial charge on any atom is -0.211 e. The standard InChI is InChI=1S/C13H17Cl2NO2S/c14-11-5-3-4-10(8-11)9-16-19(17,18)13-7-2-1-6-12(13)15/h1-2,6-7,10-11,16H,3-5,8-9H2. The third-order valence-electron chi connectivity index (χ3n) is 3.41. The predicted octanol–water partition coefficient (Wildman–Crippen LogP) is 3.42. The zero-order valence-corrected chi connectivity index (χ0v) is 12.8. The predicted molar refractivity (Wildman–Crippen MR) is 78.2 cm³/mol.